The molecule has 0 saturated heterocycles. The average Bonchev–Trinajstić information content (AvgIpc) is 2.87. The van der Waals surface area contributed by atoms with Crippen molar-refractivity contribution < 1.29 is 17.6 Å². The Kier molecular flexibility index (Phi) is 6.65. The molecule has 0 unspecified atom stereocenters. The minimum absolute atomic E-state index is 0.0300. The van der Waals surface area contributed by atoms with E-state index in [1.54, 1.807) is 42.5 Å². The number of carbonyl (C=O) groups is 1. The van der Waals surface area contributed by atoms with Crippen LogP contribution in [-0.2, 0) is 21.4 Å². The highest BCUT2D eigenvalue weighted by molar-refractivity contribution is 7.99. The molecular weight excluding hydrogens is 523 g/mol. The van der Waals surface area contributed by atoms with Gasteiger partial charge in [-0.3, -0.25) is 9.10 Å². The average molecular weight is 541 g/mol. The fourth-order valence-electron chi connectivity index (χ4n) is 3.77. The molecular formula is C25H18ClFN4O3S2. The van der Waals surface area contributed by atoms with E-state index in [2.05, 4.69) is 15.3 Å². The van der Waals surface area contributed by atoms with Crippen LogP contribution in [-0.4, -0.2) is 30.0 Å². The van der Waals surface area contributed by atoms with Gasteiger partial charge in [-0.1, -0.05) is 59.8 Å². The second-order valence-electron chi connectivity index (χ2n) is 7.83. The van der Waals surface area contributed by atoms with Crippen molar-refractivity contribution in [3.05, 3.63) is 95.4 Å². The van der Waals surface area contributed by atoms with Crippen LogP contribution in [0.3, 0.4) is 0 Å². The van der Waals surface area contributed by atoms with Crippen LogP contribution in [0.2, 0.25) is 5.02 Å². The lowest BCUT2D eigenvalue weighted by Crippen LogP contribution is -2.34. The zero-order valence-corrected chi connectivity index (χ0v) is 20.9. The zero-order chi connectivity index (χ0) is 25.3. The first-order chi connectivity index (χ1) is 17.3. The van der Waals surface area contributed by atoms with Crippen molar-refractivity contribution in [2.24, 2.45) is 0 Å². The van der Waals surface area contributed by atoms with Crippen LogP contribution in [0, 0.1) is 5.82 Å². The van der Waals surface area contributed by atoms with Gasteiger partial charge in [-0.05, 0) is 36.4 Å². The lowest BCUT2D eigenvalue weighted by molar-refractivity contribution is -0.113. The Balaban J connectivity index is 1.46. The molecule has 0 aliphatic carbocycles. The number of aromatic nitrogens is 2. The normalized spacial score (nSPS) is 13.6. The van der Waals surface area contributed by atoms with E-state index in [-0.39, 0.29) is 39.5 Å². The van der Waals surface area contributed by atoms with Crippen molar-refractivity contribution in [2.75, 3.05) is 15.4 Å². The summed E-state index contributed by atoms with van der Waals surface area (Å²) in [7, 11) is -4.10. The first-order valence-corrected chi connectivity index (χ1v) is 13.5. The molecule has 0 atom stereocenters. The van der Waals surface area contributed by atoms with Crippen LogP contribution < -0.4 is 9.62 Å². The largest absolute Gasteiger partial charge is 0.325 e. The molecule has 5 rings (SSSR count). The van der Waals surface area contributed by atoms with Gasteiger partial charge < -0.3 is 5.32 Å². The quantitative estimate of drug-likeness (QED) is 0.261. The second-order valence-corrected chi connectivity index (χ2v) is 11.0. The minimum Gasteiger partial charge on any atom is -0.325 e. The molecule has 1 N–H and O–H groups in total. The summed E-state index contributed by atoms with van der Waals surface area (Å²) in [4.78, 5) is 20.9. The maximum Gasteiger partial charge on any atom is 0.268 e. The number of thioether (sulfide) groups is 1. The van der Waals surface area contributed by atoms with Gasteiger partial charge in [0.15, 0.2) is 5.16 Å². The third kappa shape index (κ3) is 4.79. The fourth-order valence-corrected chi connectivity index (χ4v) is 6.11. The Morgan fingerprint density at radius 1 is 1.06 bits per heavy atom. The van der Waals surface area contributed by atoms with Gasteiger partial charge in [0.2, 0.25) is 5.91 Å². The highest BCUT2D eigenvalue weighted by atomic mass is 35.5. The molecule has 7 nitrogen and oxygen atoms in total. The molecule has 0 spiro atoms. The number of hydrogen-bond donors (Lipinski definition) is 1. The Hall–Kier alpha value is -3.47. The summed E-state index contributed by atoms with van der Waals surface area (Å²) >= 11 is 7.32. The molecule has 0 fully saturated rings. The molecule has 0 bridgehead atoms. The van der Waals surface area contributed by atoms with E-state index >= 15 is 0 Å². The molecule has 0 saturated carbocycles. The number of carbonyl (C=O) groups excluding carboxylic acids is 1. The number of hydrogen-bond acceptors (Lipinski definition) is 6. The number of benzene rings is 3. The van der Waals surface area contributed by atoms with Gasteiger partial charge >= 0.3 is 0 Å². The number of sulfonamides is 1. The first kappa shape index (κ1) is 24.2. The molecule has 0 radical (unpaired) electrons. The SMILES string of the molecule is O=C(CSc1ncc2c(n1)-c1cc(Cl)ccc1N(Cc1ccccc1F)S2(=O)=O)Nc1ccccc1. The summed E-state index contributed by atoms with van der Waals surface area (Å²) in [6, 6.07) is 19.8. The van der Waals surface area contributed by atoms with Gasteiger partial charge in [0.05, 0.1) is 29.9 Å². The summed E-state index contributed by atoms with van der Waals surface area (Å²) in [5.41, 5.74) is 1.87. The maximum absolute atomic E-state index is 14.4. The number of nitrogens with one attached hydrogen (secondary N) is 1. The molecule has 1 aliphatic rings. The highest BCUT2D eigenvalue weighted by Crippen LogP contribution is 2.44. The molecule has 4 aromatic rings. The third-order valence-corrected chi connectivity index (χ3v) is 8.30. The van der Waals surface area contributed by atoms with Crippen molar-refractivity contribution in [3.63, 3.8) is 0 Å². The Bertz CT molecular complexity index is 1570. The van der Waals surface area contributed by atoms with Crippen molar-refractivity contribution in [1.82, 2.24) is 9.97 Å². The van der Waals surface area contributed by atoms with E-state index in [0.29, 0.717) is 22.0 Å². The van der Waals surface area contributed by atoms with E-state index in [4.69, 9.17) is 11.6 Å². The second kappa shape index (κ2) is 9.88. The van der Waals surface area contributed by atoms with Gasteiger partial charge in [0, 0.05) is 21.8 Å². The zero-order valence-electron chi connectivity index (χ0n) is 18.6. The maximum atomic E-state index is 14.4. The Morgan fingerprint density at radius 2 is 1.81 bits per heavy atom. The first-order valence-electron chi connectivity index (χ1n) is 10.7. The van der Waals surface area contributed by atoms with E-state index in [1.165, 1.54) is 18.3 Å². The van der Waals surface area contributed by atoms with E-state index in [1.807, 2.05) is 18.2 Å². The number of fused-ring (bicyclic) bond motifs is 3. The number of nitrogens with zero attached hydrogens (tertiary/aromatic N) is 3. The van der Waals surface area contributed by atoms with Crippen molar-refractivity contribution in [3.8, 4) is 11.3 Å². The topological polar surface area (TPSA) is 92.3 Å². The van der Waals surface area contributed by atoms with Crippen LogP contribution in [0.1, 0.15) is 5.56 Å². The van der Waals surface area contributed by atoms with Crippen LogP contribution in [0.15, 0.2) is 89.0 Å². The summed E-state index contributed by atoms with van der Waals surface area (Å²) in [6.45, 7) is -0.209. The number of anilines is 2. The van der Waals surface area contributed by atoms with E-state index in [0.717, 1.165) is 16.1 Å². The number of amides is 1. The van der Waals surface area contributed by atoms with Crippen LogP contribution in [0.25, 0.3) is 11.3 Å². The predicted molar refractivity (Wildman–Crippen MR) is 138 cm³/mol. The molecule has 36 heavy (non-hydrogen) atoms. The van der Waals surface area contributed by atoms with Gasteiger partial charge in [0.25, 0.3) is 10.0 Å². The summed E-state index contributed by atoms with van der Waals surface area (Å²) in [5.74, 6) is -0.729. The van der Waals surface area contributed by atoms with Crippen molar-refractivity contribution >= 4 is 50.7 Å². The summed E-state index contributed by atoms with van der Waals surface area (Å²) in [5, 5.41) is 3.40. The third-order valence-electron chi connectivity index (χ3n) is 5.45. The van der Waals surface area contributed by atoms with Gasteiger partial charge in [0.1, 0.15) is 10.7 Å². The van der Waals surface area contributed by atoms with Crippen LogP contribution >= 0.6 is 23.4 Å². The number of para-hydroxylation sites is 1. The lowest BCUT2D eigenvalue weighted by Gasteiger charge is -2.31. The predicted octanol–water partition coefficient (Wildman–Crippen LogP) is 5.38. The molecule has 2 heterocycles. The summed E-state index contributed by atoms with van der Waals surface area (Å²) < 4.78 is 42.6. The van der Waals surface area contributed by atoms with Crippen molar-refractivity contribution in [2.45, 2.75) is 16.6 Å². The highest BCUT2D eigenvalue weighted by Gasteiger charge is 2.37. The Morgan fingerprint density at radius 3 is 2.58 bits per heavy atom. The Labute approximate surface area is 216 Å². The smallest absolute Gasteiger partial charge is 0.268 e. The van der Waals surface area contributed by atoms with Gasteiger partial charge in [-0.25, -0.2) is 22.8 Å². The standard InChI is InChI=1S/C25H18ClFN4O3S2/c26-17-10-11-21-19(12-17)24-22(36(33,34)31(21)14-16-6-4-5-9-20(16)27)13-28-25(30-24)35-15-23(32)29-18-7-2-1-3-8-18/h1-13H,14-15H2,(H,29,32). The summed E-state index contributed by atoms with van der Waals surface area (Å²) in [6.07, 6.45) is 1.22. The number of halogens is 2. The molecule has 3 aromatic carbocycles. The van der Waals surface area contributed by atoms with Crippen molar-refractivity contribution in [1.29, 1.82) is 0 Å². The van der Waals surface area contributed by atoms with Gasteiger partial charge in [-0.15, -0.1) is 0 Å². The molecule has 1 aliphatic heterocycles. The molecule has 182 valence electrons. The minimum atomic E-state index is -4.10. The van der Waals surface area contributed by atoms with Crippen LogP contribution in [0.5, 0.6) is 0 Å². The number of rotatable bonds is 6. The van der Waals surface area contributed by atoms with E-state index < -0.39 is 15.8 Å². The fraction of sp³-hybridized carbons (Fsp3) is 0.0800. The monoisotopic (exact) mass is 540 g/mol. The van der Waals surface area contributed by atoms with E-state index in [9.17, 15) is 17.6 Å². The molecule has 1 aromatic heterocycles. The van der Waals surface area contributed by atoms with Crippen LogP contribution in [0.4, 0.5) is 15.8 Å². The van der Waals surface area contributed by atoms with Gasteiger partial charge in [-0.2, -0.15) is 0 Å². The molecule has 11 heteroatoms. The lowest BCUT2D eigenvalue weighted by atomic mass is 10.1. The molecule has 1 amide bonds.